The smallest absolute Gasteiger partial charge is 0.280 e. The first-order valence-electron chi connectivity index (χ1n) is 6.12. The third-order valence-corrected chi connectivity index (χ3v) is 2.70. The van der Waals surface area contributed by atoms with Gasteiger partial charge >= 0.3 is 0 Å². The topological polar surface area (TPSA) is 103 Å². The Morgan fingerprint density at radius 2 is 1.59 bits per heavy atom. The van der Waals surface area contributed by atoms with Gasteiger partial charge in [0.2, 0.25) is 5.91 Å². The van der Waals surface area contributed by atoms with Gasteiger partial charge in [-0.25, -0.2) is 0 Å². The van der Waals surface area contributed by atoms with Gasteiger partial charge in [-0.15, -0.1) is 0 Å². The third kappa shape index (κ3) is 4.99. The van der Waals surface area contributed by atoms with Crippen LogP contribution in [0.2, 0.25) is 5.02 Å². The van der Waals surface area contributed by atoms with Gasteiger partial charge < -0.3 is 5.73 Å². The Labute approximate surface area is 131 Å². The number of benzene rings is 2. The minimum atomic E-state index is -0.566. The number of carbonyl (C=O) groups excluding carboxylic acids is 2. The van der Waals surface area contributed by atoms with Crippen LogP contribution in [0.1, 0.15) is 22.8 Å². The molecule has 0 atom stereocenters. The number of nitro benzene ring substituents is 1. The second kappa shape index (κ2) is 7.90. The van der Waals surface area contributed by atoms with E-state index >= 15 is 0 Å². The number of hydrogen-bond acceptors (Lipinski definition) is 4. The lowest BCUT2D eigenvalue weighted by Crippen LogP contribution is -2.05. The first-order chi connectivity index (χ1) is 10.3. The predicted octanol–water partition coefficient (Wildman–Crippen LogP) is 2.97. The van der Waals surface area contributed by atoms with Crippen LogP contribution in [-0.2, 0) is 4.79 Å². The van der Waals surface area contributed by atoms with Crippen LogP contribution in [0.25, 0.3) is 0 Å². The van der Waals surface area contributed by atoms with Crippen molar-refractivity contribution in [3.05, 3.63) is 74.8 Å². The number of nitrogens with two attached hydrogens (primary N) is 1. The van der Waals surface area contributed by atoms with Gasteiger partial charge in [0.1, 0.15) is 5.56 Å². The van der Waals surface area contributed by atoms with Crippen molar-refractivity contribution >= 4 is 29.0 Å². The number of para-hydroxylation sites is 1. The maximum atomic E-state index is 12.1. The number of carbonyl (C=O) groups is 2. The molecule has 114 valence electrons. The normalized spacial score (nSPS) is 9.36. The molecule has 7 heteroatoms. The summed E-state index contributed by atoms with van der Waals surface area (Å²) in [5, 5.41) is 11.4. The van der Waals surface area contributed by atoms with Crippen molar-refractivity contribution < 1.29 is 14.5 Å². The van der Waals surface area contributed by atoms with Crippen LogP contribution in [0.3, 0.4) is 0 Å². The van der Waals surface area contributed by atoms with Crippen molar-refractivity contribution in [1.29, 1.82) is 0 Å². The average molecular weight is 321 g/mol. The molecule has 2 aromatic carbocycles. The van der Waals surface area contributed by atoms with Crippen molar-refractivity contribution in [2.24, 2.45) is 5.73 Å². The Morgan fingerprint density at radius 3 is 2.09 bits per heavy atom. The summed E-state index contributed by atoms with van der Waals surface area (Å²) >= 11 is 5.72. The quantitative estimate of drug-likeness (QED) is 0.533. The second-order valence-electron chi connectivity index (χ2n) is 4.22. The fourth-order valence-corrected chi connectivity index (χ4v) is 1.71. The molecule has 1 amide bonds. The molecule has 0 aliphatic rings. The van der Waals surface area contributed by atoms with Gasteiger partial charge in [0.05, 0.1) is 4.92 Å². The van der Waals surface area contributed by atoms with Crippen molar-refractivity contribution in [1.82, 2.24) is 0 Å². The summed E-state index contributed by atoms with van der Waals surface area (Å²) in [5.74, 6) is -0.723. The molecule has 0 aliphatic heterocycles. The van der Waals surface area contributed by atoms with Crippen LogP contribution < -0.4 is 5.73 Å². The van der Waals surface area contributed by atoms with E-state index in [0.717, 1.165) is 0 Å². The van der Waals surface area contributed by atoms with Gasteiger partial charge in [-0.05, 0) is 30.3 Å². The van der Waals surface area contributed by atoms with E-state index in [2.05, 4.69) is 5.73 Å². The standard InChI is InChI=1S/C13H8ClNO3.C2H5NO/c14-10-7-5-9(6-8-10)13(16)11-3-1-2-4-12(11)15(17)18;1-2(3)4/h1-8H;1H3,(H2,3,4). The first kappa shape index (κ1) is 17.3. The molecule has 0 aliphatic carbocycles. The number of primary amides is 1. The highest BCUT2D eigenvalue weighted by molar-refractivity contribution is 6.30. The van der Waals surface area contributed by atoms with E-state index in [1.807, 2.05) is 0 Å². The zero-order valence-electron chi connectivity index (χ0n) is 11.7. The van der Waals surface area contributed by atoms with Crippen LogP contribution >= 0.6 is 11.6 Å². The third-order valence-electron chi connectivity index (χ3n) is 2.45. The van der Waals surface area contributed by atoms with Gasteiger partial charge in [0, 0.05) is 23.6 Å². The SMILES string of the molecule is CC(N)=O.O=C(c1ccc(Cl)cc1)c1ccccc1[N+](=O)[O-]. The van der Waals surface area contributed by atoms with Crippen molar-refractivity contribution in [3.63, 3.8) is 0 Å². The number of halogens is 1. The van der Waals surface area contributed by atoms with Crippen molar-refractivity contribution in [2.75, 3.05) is 0 Å². The van der Waals surface area contributed by atoms with E-state index < -0.39 is 4.92 Å². The van der Waals surface area contributed by atoms with Crippen molar-refractivity contribution in [3.8, 4) is 0 Å². The summed E-state index contributed by atoms with van der Waals surface area (Å²) in [6, 6.07) is 12.1. The summed E-state index contributed by atoms with van der Waals surface area (Å²) in [6.07, 6.45) is 0. The molecule has 22 heavy (non-hydrogen) atoms. The molecule has 0 radical (unpaired) electrons. The Bertz CT molecular complexity index is 695. The Balaban J connectivity index is 0.000000541. The summed E-state index contributed by atoms with van der Waals surface area (Å²) in [7, 11) is 0. The van der Waals surface area contributed by atoms with Gasteiger partial charge in [-0.2, -0.15) is 0 Å². The van der Waals surface area contributed by atoms with Crippen LogP contribution in [-0.4, -0.2) is 16.6 Å². The summed E-state index contributed by atoms with van der Waals surface area (Å²) in [4.78, 5) is 31.6. The summed E-state index contributed by atoms with van der Waals surface area (Å²) < 4.78 is 0. The summed E-state index contributed by atoms with van der Waals surface area (Å²) in [6.45, 7) is 1.31. The molecule has 2 N–H and O–H groups in total. The molecule has 0 aromatic heterocycles. The molecule has 6 nitrogen and oxygen atoms in total. The lowest BCUT2D eigenvalue weighted by atomic mass is 10.0. The maximum Gasteiger partial charge on any atom is 0.280 e. The van der Waals surface area contributed by atoms with Crippen LogP contribution in [0.5, 0.6) is 0 Å². The molecule has 0 bridgehead atoms. The highest BCUT2D eigenvalue weighted by atomic mass is 35.5. The Kier molecular flexibility index (Phi) is 6.22. The largest absolute Gasteiger partial charge is 0.370 e. The fraction of sp³-hybridized carbons (Fsp3) is 0.0667. The molecular formula is C15H13ClN2O4. The lowest BCUT2D eigenvalue weighted by molar-refractivity contribution is -0.385. The second-order valence-corrected chi connectivity index (χ2v) is 4.66. The number of nitrogens with zero attached hydrogens (tertiary/aromatic N) is 1. The minimum absolute atomic E-state index is 0.0739. The summed E-state index contributed by atoms with van der Waals surface area (Å²) in [5.41, 5.74) is 4.72. The van der Waals surface area contributed by atoms with Crippen LogP contribution in [0.4, 0.5) is 5.69 Å². The number of amides is 1. The number of ketones is 1. The molecule has 2 aromatic rings. The molecule has 0 unspecified atom stereocenters. The van der Waals surface area contributed by atoms with E-state index in [0.29, 0.717) is 10.6 Å². The predicted molar refractivity (Wildman–Crippen MR) is 82.8 cm³/mol. The van der Waals surface area contributed by atoms with Gasteiger partial charge in [0.25, 0.3) is 5.69 Å². The average Bonchev–Trinajstić information content (AvgIpc) is 2.46. The van der Waals surface area contributed by atoms with Gasteiger partial charge in [-0.3, -0.25) is 19.7 Å². The van der Waals surface area contributed by atoms with Gasteiger partial charge in [0.15, 0.2) is 5.78 Å². The lowest BCUT2D eigenvalue weighted by Gasteiger charge is -2.02. The van der Waals surface area contributed by atoms with Crippen LogP contribution in [0.15, 0.2) is 48.5 Å². The number of rotatable bonds is 3. The van der Waals surface area contributed by atoms with E-state index in [1.165, 1.54) is 25.1 Å². The highest BCUT2D eigenvalue weighted by Crippen LogP contribution is 2.21. The molecule has 0 heterocycles. The number of hydrogen-bond donors (Lipinski definition) is 1. The van der Waals surface area contributed by atoms with Crippen molar-refractivity contribution in [2.45, 2.75) is 6.92 Å². The highest BCUT2D eigenvalue weighted by Gasteiger charge is 2.20. The molecule has 0 saturated carbocycles. The van der Waals surface area contributed by atoms with E-state index in [1.54, 1.807) is 30.3 Å². The Hall–Kier alpha value is -2.73. The maximum absolute atomic E-state index is 12.1. The zero-order chi connectivity index (χ0) is 16.7. The fourth-order valence-electron chi connectivity index (χ4n) is 1.58. The number of nitro groups is 1. The molecule has 0 saturated heterocycles. The van der Waals surface area contributed by atoms with E-state index in [4.69, 9.17) is 11.6 Å². The monoisotopic (exact) mass is 320 g/mol. The van der Waals surface area contributed by atoms with Gasteiger partial charge in [-0.1, -0.05) is 23.7 Å². The molecule has 0 fully saturated rings. The molecule has 0 spiro atoms. The first-order valence-corrected chi connectivity index (χ1v) is 6.50. The van der Waals surface area contributed by atoms with Crippen LogP contribution in [0, 0.1) is 10.1 Å². The van der Waals surface area contributed by atoms with E-state index in [-0.39, 0.29) is 22.9 Å². The molecular weight excluding hydrogens is 308 g/mol. The van der Waals surface area contributed by atoms with E-state index in [9.17, 15) is 19.7 Å². The molecule has 2 rings (SSSR count). The zero-order valence-corrected chi connectivity index (χ0v) is 12.4. The minimum Gasteiger partial charge on any atom is -0.370 e. The Morgan fingerprint density at radius 1 is 1.09 bits per heavy atom.